The lowest BCUT2D eigenvalue weighted by molar-refractivity contribution is -0.119. The van der Waals surface area contributed by atoms with E-state index < -0.39 is 0 Å². The third-order valence-electron chi connectivity index (χ3n) is 4.13. The number of rotatable bonds is 3. The first-order valence-corrected chi connectivity index (χ1v) is 6.75. The number of nitrogens with zero attached hydrogens (tertiary/aromatic N) is 1. The first-order valence-electron chi connectivity index (χ1n) is 6.75. The van der Waals surface area contributed by atoms with E-state index in [9.17, 15) is 9.59 Å². The van der Waals surface area contributed by atoms with Gasteiger partial charge in [-0.2, -0.15) is 0 Å². The second-order valence-electron chi connectivity index (χ2n) is 5.26. The molecule has 3 nitrogen and oxygen atoms in total. The molecule has 2 aliphatic heterocycles. The van der Waals surface area contributed by atoms with Crippen LogP contribution < -0.4 is 0 Å². The largest absolute Gasteiger partial charge is 0.364 e. The van der Waals surface area contributed by atoms with Gasteiger partial charge in [-0.15, -0.1) is 0 Å². The Morgan fingerprint density at radius 2 is 1.95 bits per heavy atom. The highest BCUT2D eigenvalue weighted by Gasteiger charge is 2.40. The Balaban J connectivity index is 1.80. The van der Waals surface area contributed by atoms with Crippen molar-refractivity contribution in [1.82, 2.24) is 4.90 Å². The average molecular weight is 255 g/mol. The van der Waals surface area contributed by atoms with Crippen LogP contribution in [-0.2, 0) is 4.79 Å². The van der Waals surface area contributed by atoms with Gasteiger partial charge in [0.05, 0.1) is 12.0 Å². The predicted molar refractivity (Wildman–Crippen MR) is 72.8 cm³/mol. The SMILES string of the molecule is CC(=O)C1CCN2C1=CCC2C(=O)c1ccccc1. The molecular formula is C16H17NO2. The number of hydrogen-bond acceptors (Lipinski definition) is 3. The van der Waals surface area contributed by atoms with Crippen LogP contribution in [-0.4, -0.2) is 29.1 Å². The molecule has 1 aromatic rings. The van der Waals surface area contributed by atoms with Gasteiger partial charge in [0.15, 0.2) is 5.78 Å². The number of Topliss-reactive ketones (excluding diaryl/α,β-unsaturated/α-hetero) is 2. The molecule has 0 aromatic heterocycles. The molecule has 3 heteroatoms. The fourth-order valence-corrected chi connectivity index (χ4v) is 3.16. The van der Waals surface area contributed by atoms with Crippen molar-refractivity contribution in [1.29, 1.82) is 0 Å². The number of allylic oxidation sites excluding steroid dienone is 1. The fourth-order valence-electron chi connectivity index (χ4n) is 3.16. The molecule has 0 saturated carbocycles. The summed E-state index contributed by atoms with van der Waals surface area (Å²) in [6, 6.07) is 9.30. The molecule has 19 heavy (non-hydrogen) atoms. The highest BCUT2D eigenvalue weighted by atomic mass is 16.1. The van der Waals surface area contributed by atoms with Crippen LogP contribution in [0, 0.1) is 5.92 Å². The topological polar surface area (TPSA) is 37.4 Å². The highest BCUT2D eigenvalue weighted by molar-refractivity contribution is 6.01. The summed E-state index contributed by atoms with van der Waals surface area (Å²) in [5.41, 5.74) is 1.83. The lowest BCUT2D eigenvalue weighted by Gasteiger charge is -2.24. The zero-order valence-electron chi connectivity index (χ0n) is 11.0. The van der Waals surface area contributed by atoms with E-state index in [1.165, 1.54) is 0 Å². The third-order valence-corrected chi connectivity index (χ3v) is 4.13. The highest BCUT2D eigenvalue weighted by Crippen LogP contribution is 2.37. The summed E-state index contributed by atoms with van der Waals surface area (Å²) in [4.78, 5) is 26.2. The van der Waals surface area contributed by atoms with Crippen molar-refractivity contribution in [3.8, 4) is 0 Å². The van der Waals surface area contributed by atoms with Crippen LogP contribution in [0.4, 0.5) is 0 Å². The number of benzene rings is 1. The van der Waals surface area contributed by atoms with E-state index >= 15 is 0 Å². The minimum absolute atomic E-state index is 0.00794. The van der Waals surface area contributed by atoms with Crippen molar-refractivity contribution in [3.05, 3.63) is 47.7 Å². The number of carbonyl (C=O) groups excluding carboxylic acids is 2. The monoisotopic (exact) mass is 255 g/mol. The Morgan fingerprint density at radius 1 is 1.21 bits per heavy atom. The summed E-state index contributed by atoms with van der Waals surface area (Å²) >= 11 is 0. The number of fused-ring (bicyclic) bond motifs is 1. The van der Waals surface area contributed by atoms with E-state index in [-0.39, 0.29) is 23.5 Å². The summed E-state index contributed by atoms with van der Waals surface area (Å²) in [5, 5.41) is 0. The molecule has 0 spiro atoms. The van der Waals surface area contributed by atoms with E-state index in [0.29, 0.717) is 0 Å². The zero-order valence-corrected chi connectivity index (χ0v) is 11.0. The van der Waals surface area contributed by atoms with Gasteiger partial charge in [-0.25, -0.2) is 0 Å². The molecule has 2 atom stereocenters. The van der Waals surface area contributed by atoms with Crippen molar-refractivity contribution in [3.63, 3.8) is 0 Å². The summed E-state index contributed by atoms with van der Waals surface area (Å²) in [5.74, 6) is 0.381. The van der Waals surface area contributed by atoms with Gasteiger partial charge < -0.3 is 4.90 Å². The standard InChI is InChI=1S/C16H17NO2/c1-11(18)13-9-10-17-14(13)7-8-15(17)16(19)12-5-3-2-4-6-12/h2-7,13,15H,8-10H2,1H3. The van der Waals surface area contributed by atoms with Crippen LogP contribution in [0.3, 0.4) is 0 Å². The quantitative estimate of drug-likeness (QED) is 0.778. The lowest BCUT2D eigenvalue weighted by atomic mass is 10.0. The maximum Gasteiger partial charge on any atom is 0.185 e. The zero-order chi connectivity index (χ0) is 13.4. The molecule has 1 fully saturated rings. The third kappa shape index (κ3) is 1.99. The van der Waals surface area contributed by atoms with Crippen LogP contribution in [0.2, 0.25) is 0 Å². The van der Waals surface area contributed by atoms with Crippen molar-refractivity contribution in [2.24, 2.45) is 5.92 Å². The van der Waals surface area contributed by atoms with E-state index in [2.05, 4.69) is 11.0 Å². The van der Waals surface area contributed by atoms with Gasteiger partial charge in [-0.1, -0.05) is 36.4 Å². The lowest BCUT2D eigenvalue weighted by Crippen LogP contribution is -2.34. The molecule has 98 valence electrons. The minimum atomic E-state index is -0.109. The molecular weight excluding hydrogens is 238 g/mol. The molecule has 2 heterocycles. The maximum absolute atomic E-state index is 12.5. The van der Waals surface area contributed by atoms with Crippen molar-refractivity contribution in [2.75, 3.05) is 6.54 Å². The number of carbonyl (C=O) groups is 2. The van der Waals surface area contributed by atoms with Crippen molar-refractivity contribution in [2.45, 2.75) is 25.8 Å². The molecule has 2 aliphatic rings. The Kier molecular flexibility index (Phi) is 2.97. The fraction of sp³-hybridized carbons (Fsp3) is 0.375. The van der Waals surface area contributed by atoms with Crippen molar-refractivity contribution < 1.29 is 9.59 Å². The van der Waals surface area contributed by atoms with E-state index in [0.717, 1.165) is 30.6 Å². The Bertz CT molecular complexity index is 547. The summed E-state index contributed by atoms with van der Waals surface area (Å²) in [6.07, 6.45) is 3.65. The molecule has 0 N–H and O–H groups in total. The first kappa shape index (κ1) is 12.2. The van der Waals surface area contributed by atoms with Gasteiger partial charge in [-0.3, -0.25) is 9.59 Å². The van der Waals surface area contributed by atoms with Gasteiger partial charge in [0, 0.05) is 17.8 Å². The van der Waals surface area contributed by atoms with E-state index in [1.807, 2.05) is 30.3 Å². The van der Waals surface area contributed by atoms with Gasteiger partial charge in [-0.05, 0) is 19.8 Å². The maximum atomic E-state index is 12.5. The van der Waals surface area contributed by atoms with Crippen LogP contribution in [0.15, 0.2) is 42.1 Å². The van der Waals surface area contributed by atoms with Gasteiger partial charge in [0.25, 0.3) is 0 Å². The Morgan fingerprint density at radius 3 is 2.63 bits per heavy atom. The Labute approximate surface area is 112 Å². The predicted octanol–water partition coefficient (Wildman–Crippen LogP) is 2.44. The second-order valence-corrected chi connectivity index (χ2v) is 5.26. The molecule has 0 bridgehead atoms. The molecule has 2 unspecified atom stereocenters. The number of hydrogen-bond donors (Lipinski definition) is 0. The van der Waals surface area contributed by atoms with Gasteiger partial charge in [0.1, 0.15) is 5.78 Å². The van der Waals surface area contributed by atoms with Gasteiger partial charge >= 0.3 is 0 Å². The van der Waals surface area contributed by atoms with E-state index in [4.69, 9.17) is 0 Å². The van der Waals surface area contributed by atoms with Crippen LogP contribution in [0.5, 0.6) is 0 Å². The molecule has 1 aromatic carbocycles. The van der Waals surface area contributed by atoms with E-state index in [1.54, 1.807) is 6.92 Å². The van der Waals surface area contributed by atoms with Crippen LogP contribution in [0.1, 0.15) is 30.1 Å². The summed E-state index contributed by atoms with van der Waals surface area (Å²) in [6.45, 7) is 2.46. The van der Waals surface area contributed by atoms with Crippen LogP contribution >= 0.6 is 0 Å². The normalized spacial score (nSPS) is 25.1. The Hall–Kier alpha value is -1.90. The summed E-state index contributed by atoms with van der Waals surface area (Å²) in [7, 11) is 0. The molecule has 0 amide bonds. The first-order chi connectivity index (χ1) is 9.18. The second kappa shape index (κ2) is 4.65. The van der Waals surface area contributed by atoms with Crippen molar-refractivity contribution >= 4 is 11.6 Å². The smallest absolute Gasteiger partial charge is 0.185 e. The minimum Gasteiger partial charge on any atom is -0.364 e. The summed E-state index contributed by atoms with van der Waals surface area (Å²) < 4.78 is 0. The van der Waals surface area contributed by atoms with Crippen LogP contribution in [0.25, 0.3) is 0 Å². The van der Waals surface area contributed by atoms with Gasteiger partial charge in [0.2, 0.25) is 0 Å². The molecule has 1 saturated heterocycles. The molecule has 3 rings (SSSR count). The average Bonchev–Trinajstić information content (AvgIpc) is 2.99. The molecule has 0 aliphatic carbocycles. The molecule has 0 radical (unpaired) electrons. The number of ketones is 2.